The quantitative estimate of drug-likeness (QED) is 0.0695. The number of H-pyrrole nitrogens is 1. The Morgan fingerprint density at radius 2 is 0.989 bits per heavy atom. The molecule has 7 fully saturated rings. The first-order valence-corrected chi connectivity index (χ1v) is 33.4. The molecular formula is C72H91F4N11O5. The minimum absolute atomic E-state index is 0.0851. The summed E-state index contributed by atoms with van der Waals surface area (Å²) in [5.41, 5.74) is 7.33. The van der Waals surface area contributed by atoms with Crippen molar-refractivity contribution in [3.8, 4) is 11.6 Å². The van der Waals surface area contributed by atoms with Gasteiger partial charge in [0.2, 0.25) is 29.7 Å². The summed E-state index contributed by atoms with van der Waals surface area (Å²) < 4.78 is 73.7. The largest absolute Gasteiger partial charge is 0.497 e. The average molecular weight is 1270 g/mol. The number of anilines is 4. The number of hydrogen-bond acceptors (Lipinski definition) is 15. The minimum Gasteiger partial charge on any atom is -0.497 e. The van der Waals surface area contributed by atoms with Gasteiger partial charge in [-0.2, -0.15) is 22.5 Å². The monoisotopic (exact) mass is 1270 g/mol. The number of benzene rings is 1. The van der Waals surface area contributed by atoms with Gasteiger partial charge in [0.1, 0.15) is 24.0 Å². The number of aromatic amines is 1. The van der Waals surface area contributed by atoms with Crippen molar-refractivity contribution < 1.29 is 36.5 Å². The Bertz CT molecular complexity index is 3260. The van der Waals surface area contributed by atoms with Crippen LogP contribution in [0.1, 0.15) is 124 Å². The van der Waals surface area contributed by atoms with Crippen LogP contribution in [0.5, 0.6) is 11.6 Å². The van der Waals surface area contributed by atoms with Gasteiger partial charge in [0, 0.05) is 118 Å². The lowest BCUT2D eigenvalue weighted by atomic mass is 9.99. The van der Waals surface area contributed by atoms with Crippen LogP contribution in [0.25, 0.3) is 0 Å². The predicted molar refractivity (Wildman–Crippen MR) is 353 cm³/mol. The van der Waals surface area contributed by atoms with Crippen LogP contribution < -0.4 is 39.9 Å². The lowest BCUT2D eigenvalue weighted by Gasteiger charge is -2.31. The summed E-state index contributed by atoms with van der Waals surface area (Å²) in [6.45, 7) is 9.44. The Hall–Kier alpha value is -7.68. The molecule has 2 N–H and O–H groups in total. The van der Waals surface area contributed by atoms with E-state index < -0.39 is 17.8 Å². The molecule has 6 aromatic heterocycles. The second-order valence-electron chi connectivity index (χ2n) is 24.9. The smallest absolute Gasteiger partial charge is 0.251 e. The Balaban J connectivity index is 0.000000141. The molecule has 0 bridgehead atoms. The van der Waals surface area contributed by atoms with Crippen LogP contribution >= 0.6 is 0 Å². The van der Waals surface area contributed by atoms with Crippen LogP contribution in [0.15, 0.2) is 127 Å². The molecule has 0 radical (unpaired) electrons. The van der Waals surface area contributed by atoms with E-state index in [4.69, 9.17) is 23.9 Å². The summed E-state index contributed by atoms with van der Waals surface area (Å²) in [4.78, 5) is 44.1. The Morgan fingerprint density at radius 3 is 1.49 bits per heavy atom. The molecule has 7 aliphatic rings. The zero-order chi connectivity index (χ0) is 63.7. The molecule has 14 rings (SSSR count). The first-order chi connectivity index (χ1) is 45.0. The molecule has 3 atom stereocenters. The summed E-state index contributed by atoms with van der Waals surface area (Å²) in [6.07, 6.45) is 29.8. The first kappa shape index (κ1) is 67.2. The van der Waals surface area contributed by atoms with Gasteiger partial charge in [0.25, 0.3) is 5.56 Å². The summed E-state index contributed by atoms with van der Waals surface area (Å²) in [6, 6.07) is 29.8. The molecule has 5 saturated heterocycles. The van der Waals surface area contributed by atoms with E-state index in [0.717, 1.165) is 154 Å². The topological polar surface area (TPSA) is 159 Å². The van der Waals surface area contributed by atoms with Gasteiger partial charge in [0.05, 0.1) is 33.5 Å². The first-order valence-electron chi connectivity index (χ1n) is 33.4. The molecule has 492 valence electrons. The molecule has 16 nitrogen and oxygen atoms in total. The second kappa shape index (κ2) is 35.4. The minimum atomic E-state index is -0.459. The summed E-state index contributed by atoms with van der Waals surface area (Å²) in [5, 5.41) is 3.40. The molecule has 1 aromatic carbocycles. The molecule has 2 aliphatic carbocycles. The average Bonchev–Trinajstić information content (AvgIpc) is 1.89. The van der Waals surface area contributed by atoms with Gasteiger partial charge in [-0.15, -0.1) is 0 Å². The Morgan fingerprint density at radius 1 is 0.500 bits per heavy atom. The molecular weight excluding hydrogens is 1170 g/mol. The van der Waals surface area contributed by atoms with E-state index in [0.29, 0.717) is 45.0 Å². The van der Waals surface area contributed by atoms with E-state index in [1.54, 1.807) is 44.0 Å². The van der Waals surface area contributed by atoms with E-state index in [1.807, 2.05) is 48.5 Å². The van der Waals surface area contributed by atoms with Gasteiger partial charge in [-0.25, -0.2) is 19.9 Å². The van der Waals surface area contributed by atoms with Crippen molar-refractivity contribution in [2.24, 2.45) is 5.92 Å². The van der Waals surface area contributed by atoms with E-state index in [1.165, 1.54) is 100 Å². The van der Waals surface area contributed by atoms with Gasteiger partial charge in [-0.05, 0) is 141 Å². The summed E-state index contributed by atoms with van der Waals surface area (Å²) >= 11 is 0. The third-order valence-corrected chi connectivity index (χ3v) is 18.2. The third kappa shape index (κ3) is 21.2. The number of aromatic nitrogens is 6. The van der Waals surface area contributed by atoms with Crippen molar-refractivity contribution in [3.05, 3.63) is 184 Å². The van der Waals surface area contributed by atoms with Crippen molar-refractivity contribution in [2.45, 2.75) is 147 Å². The maximum absolute atomic E-state index is 13.3. The molecule has 0 spiro atoms. The van der Waals surface area contributed by atoms with Crippen LogP contribution in [-0.4, -0.2) is 127 Å². The van der Waals surface area contributed by atoms with Gasteiger partial charge in [0.15, 0.2) is 0 Å². The Kier molecular flexibility index (Phi) is 25.9. The van der Waals surface area contributed by atoms with E-state index in [2.05, 4.69) is 62.0 Å². The number of ether oxygens (including phenoxy) is 4. The number of hydrogen-bond donors (Lipinski definition) is 2. The molecule has 5 aliphatic heterocycles. The standard InChI is InChI=1S/C27H31FN4O3.C19H23FN4O2.C11H14FN.C10H13FN2.C5H10/c1-33-24-7-4-20(5-8-24)19-35-27-17-23(31-11-13-34-14-12-31)16-26(30-27)32-10-2-3-22(32)15-21-6-9-25(28)29-18-21;20-17-4-3-14(13-21-17)10-15-2-1-5-24(15)18-11-16(12-19(25)22-18)23-6-8-26-9-7-23;12-11-6-5-10(8-13-11)7-9-3-1-2-4-9;11-10-4-3-8(7-13-10)6-9-2-1-5-12-9;1-2-4-5-3-1/h4-9,16-18,22H,2-3,10-15,19H2,1H3;3-4,11-13,15H,1-2,5-10H2,(H,22,25);5-6,8-9H,1-4,7H2;3-4,7,9,12H,1-2,5-6H2;1-5H2. The highest BCUT2D eigenvalue weighted by Crippen LogP contribution is 2.34. The molecule has 20 heteroatoms. The fourth-order valence-corrected chi connectivity index (χ4v) is 13.3. The van der Waals surface area contributed by atoms with Crippen molar-refractivity contribution in [1.82, 2.24) is 35.2 Å². The number of morpholine rings is 2. The van der Waals surface area contributed by atoms with E-state index in [9.17, 15) is 22.4 Å². The highest BCUT2D eigenvalue weighted by Gasteiger charge is 2.29. The van der Waals surface area contributed by atoms with E-state index in [-0.39, 0.29) is 23.6 Å². The van der Waals surface area contributed by atoms with Crippen molar-refractivity contribution >= 4 is 23.0 Å². The number of halogens is 4. The maximum Gasteiger partial charge on any atom is 0.251 e. The molecule has 11 heterocycles. The molecule has 3 unspecified atom stereocenters. The third-order valence-electron chi connectivity index (χ3n) is 18.2. The van der Waals surface area contributed by atoms with Crippen molar-refractivity contribution in [3.63, 3.8) is 0 Å². The summed E-state index contributed by atoms with van der Waals surface area (Å²) in [7, 11) is 1.66. The van der Waals surface area contributed by atoms with Crippen molar-refractivity contribution in [1.29, 1.82) is 0 Å². The Labute approximate surface area is 539 Å². The second-order valence-corrected chi connectivity index (χ2v) is 24.9. The van der Waals surface area contributed by atoms with Crippen LogP contribution in [0.4, 0.5) is 40.6 Å². The fourth-order valence-electron chi connectivity index (χ4n) is 13.3. The van der Waals surface area contributed by atoms with Crippen molar-refractivity contribution in [2.75, 3.05) is 99.0 Å². The van der Waals surface area contributed by atoms with Gasteiger partial charge >= 0.3 is 0 Å². The highest BCUT2D eigenvalue weighted by atomic mass is 19.1. The lowest BCUT2D eigenvalue weighted by molar-refractivity contribution is 0.122. The lowest BCUT2D eigenvalue weighted by Crippen LogP contribution is -2.37. The molecule has 92 heavy (non-hydrogen) atoms. The SMILES string of the molecule is C1CCCC1.COc1ccc(COc2cc(N3CCOCC3)cc(N3CCCC3Cc3ccc(F)nc3)n2)cc1.Fc1ccc(CC2CCCC2)cn1.Fc1ccc(CC2CCCN2)cn1.O=c1cc(N2CCOCC2)cc(N2CCCC2Cc2ccc(F)nc2)[nH]1. The molecule has 0 amide bonds. The van der Waals surface area contributed by atoms with Crippen LogP contribution in [0.3, 0.4) is 0 Å². The summed E-state index contributed by atoms with van der Waals surface area (Å²) in [5.74, 6) is 2.32. The number of nitrogens with one attached hydrogen (secondary N) is 2. The number of methoxy groups -OCH3 is 1. The number of pyridine rings is 6. The normalized spacial score (nSPS) is 19.6. The van der Waals surface area contributed by atoms with E-state index >= 15 is 0 Å². The van der Waals surface area contributed by atoms with Crippen LogP contribution in [-0.2, 0) is 41.8 Å². The van der Waals surface area contributed by atoms with Crippen LogP contribution in [0.2, 0.25) is 0 Å². The van der Waals surface area contributed by atoms with Gasteiger partial charge in [-0.1, -0.05) is 94.2 Å². The number of rotatable bonds is 16. The van der Waals surface area contributed by atoms with Crippen LogP contribution in [0, 0.1) is 29.7 Å². The zero-order valence-electron chi connectivity index (χ0n) is 53.4. The highest BCUT2D eigenvalue weighted by molar-refractivity contribution is 5.60. The molecule has 2 saturated carbocycles. The maximum atomic E-state index is 13.3. The number of nitrogens with zero attached hydrogens (tertiary/aromatic N) is 9. The predicted octanol–water partition coefficient (Wildman–Crippen LogP) is 12.6. The zero-order valence-corrected chi connectivity index (χ0v) is 53.4. The fraction of sp³-hybridized carbons (Fsp3) is 0.500. The van der Waals surface area contributed by atoms with Gasteiger partial charge in [-0.3, -0.25) is 4.79 Å². The van der Waals surface area contributed by atoms with Gasteiger partial charge < -0.3 is 48.8 Å². The molecule has 7 aromatic rings.